The van der Waals surface area contributed by atoms with E-state index in [9.17, 15) is 9.18 Å². The summed E-state index contributed by atoms with van der Waals surface area (Å²) in [5.74, 6) is -0.995. The molecular weight excluding hydrogens is 247 g/mol. The van der Waals surface area contributed by atoms with Gasteiger partial charge in [0.15, 0.2) is 5.82 Å². The quantitative estimate of drug-likeness (QED) is 0.893. The van der Waals surface area contributed by atoms with E-state index < -0.39 is 11.7 Å². The largest absolute Gasteiger partial charge is 0.497 e. The van der Waals surface area contributed by atoms with Crippen molar-refractivity contribution in [3.8, 4) is 5.75 Å². The van der Waals surface area contributed by atoms with E-state index in [0.717, 1.165) is 6.20 Å². The van der Waals surface area contributed by atoms with Gasteiger partial charge in [-0.1, -0.05) is 11.6 Å². The molecule has 2 aromatic rings. The predicted octanol–water partition coefficient (Wildman–Crippen LogP) is 2.13. The Morgan fingerprint density at radius 1 is 1.53 bits per heavy atom. The first-order valence-corrected chi connectivity index (χ1v) is 5.04. The third-order valence-electron chi connectivity index (χ3n) is 2.33. The van der Waals surface area contributed by atoms with Gasteiger partial charge in [-0.2, -0.15) is 0 Å². The topological polar surface area (TPSA) is 65.2 Å². The molecule has 0 atom stereocenters. The molecule has 17 heavy (non-hydrogen) atoms. The second kappa shape index (κ2) is 4.18. The van der Waals surface area contributed by atoms with E-state index in [2.05, 4.69) is 4.98 Å². The smallest absolute Gasteiger partial charge is 0.251 e. The number of primary amides is 1. The number of rotatable bonds is 2. The van der Waals surface area contributed by atoms with E-state index in [4.69, 9.17) is 22.1 Å². The highest BCUT2D eigenvalue weighted by Crippen LogP contribution is 2.30. The minimum atomic E-state index is -0.715. The number of methoxy groups -OCH3 is 1. The molecule has 6 heteroatoms. The molecular formula is C11H8ClFN2O2. The maximum Gasteiger partial charge on any atom is 0.251 e. The fourth-order valence-electron chi connectivity index (χ4n) is 1.49. The van der Waals surface area contributed by atoms with Gasteiger partial charge in [-0.15, -0.1) is 0 Å². The highest BCUT2D eigenvalue weighted by molar-refractivity contribution is 6.38. The van der Waals surface area contributed by atoms with Gasteiger partial charge in [0.2, 0.25) is 0 Å². The maximum atomic E-state index is 13.6. The first-order valence-electron chi connectivity index (χ1n) is 4.66. The monoisotopic (exact) mass is 254 g/mol. The fraction of sp³-hybridized carbons (Fsp3) is 0.0909. The normalized spacial score (nSPS) is 10.5. The average Bonchev–Trinajstić information content (AvgIpc) is 2.29. The molecule has 0 radical (unpaired) electrons. The Morgan fingerprint density at radius 2 is 2.24 bits per heavy atom. The summed E-state index contributed by atoms with van der Waals surface area (Å²) in [5.41, 5.74) is 5.24. The van der Waals surface area contributed by atoms with Gasteiger partial charge in [0.1, 0.15) is 11.3 Å². The second-order valence-electron chi connectivity index (χ2n) is 3.36. The maximum absolute atomic E-state index is 13.6. The molecule has 0 saturated carbocycles. The Hall–Kier alpha value is -1.88. The lowest BCUT2D eigenvalue weighted by Crippen LogP contribution is -2.12. The van der Waals surface area contributed by atoms with Gasteiger partial charge in [-0.3, -0.25) is 9.78 Å². The Bertz CT molecular complexity index is 616. The van der Waals surface area contributed by atoms with E-state index in [1.807, 2.05) is 0 Å². The minimum absolute atomic E-state index is 0.0480. The molecule has 4 nitrogen and oxygen atoms in total. The SMILES string of the molecule is COc1cc(F)c2ncc(C(N)=O)c(Cl)c2c1. The molecule has 0 spiro atoms. The van der Waals surface area contributed by atoms with Crippen molar-refractivity contribution in [1.82, 2.24) is 4.98 Å². The summed E-state index contributed by atoms with van der Waals surface area (Å²) < 4.78 is 18.5. The molecule has 0 bridgehead atoms. The summed E-state index contributed by atoms with van der Waals surface area (Å²) >= 11 is 5.97. The van der Waals surface area contributed by atoms with Crippen molar-refractivity contribution in [1.29, 1.82) is 0 Å². The third-order valence-corrected chi connectivity index (χ3v) is 2.74. The summed E-state index contributed by atoms with van der Waals surface area (Å²) in [7, 11) is 1.40. The van der Waals surface area contributed by atoms with Gasteiger partial charge in [0, 0.05) is 17.6 Å². The van der Waals surface area contributed by atoms with Crippen LogP contribution in [-0.4, -0.2) is 18.0 Å². The Morgan fingerprint density at radius 3 is 2.82 bits per heavy atom. The Kier molecular flexibility index (Phi) is 2.85. The van der Waals surface area contributed by atoms with Crippen LogP contribution in [0.5, 0.6) is 5.75 Å². The van der Waals surface area contributed by atoms with Gasteiger partial charge in [0.25, 0.3) is 5.91 Å². The second-order valence-corrected chi connectivity index (χ2v) is 3.73. The number of carbonyl (C=O) groups is 1. The van der Waals surface area contributed by atoms with Crippen LogP contribution < -0.4 is 10.5 Å². The van der Waals surface area contributed by atoms with E-state index in [-0.39, 0.29) is 16.1 Å². The molecule has 2 rings (SSSR count). The molecule has 2 N–H and O–H groups in total. The number of nitrogens with zero attached hydrogens (tertiary/aromatic N) is 1. The summed E-state index contributed by atoms with van der Waals surface area (Å²) in [6, 6.07) is 2.69. The number of pyridine rings is 1. The number of ether oxygens (including phenoxy) is 1. The average molecular weight is 255 g/mol. The van der Waals surface area contributed by atoms with Crippen LogP contribution in [0, 0.1) is 5.82 Å². The summed E-state index contributed by atoms with van der Waals surface area (Å²) in [5, 5.41) is 0.361. The number of carbonyl (C=O) groups excluding carboxylic acids is 1. The lowest BCUT2D eigenvalue weighted by molar-refractivity contribution is 0.1000. The van der Waals surface area contributed by atoms with E-state index in [1.165, 1.54) is 19.2 Å². The molecule has 1 amide bonds. The Balaban J connectivity index is 2.83. The van der Waals surface area contributed by atoms with Gasteiger partial charge < -0.3 is 10.5 Å². The molecule has 0 unspecified atom stereocenters. The molecule has 0 aliphatic heterocycles. The van der Waals surface area contributed by atoms with Crippen molar-refractivity contribution in [3.05, 3.63) is 34.7 Å². The van der Waals surface area contributed by atoms with Crippen molar-refractivity contribution in [2.24, 2.45) is 5.73 Å². The van der Waals surface area contributed by atoms with Crippen molar-refractivity contribution in [2.45, 2.75) is 0 Å². The number of hydrogen-bond donors (Lipinski definition) is 1. The van der Waals surface area contributed by atoms with E-state index in [1.54, 1.807) is 0 Å². The lowest BCUT2D eigenvalue weighted by atomic mass is 10.1. The number of halogens is 2. The van der Waals surface area contributed by atoms with Crippen LogP contribution in [0.3, 0.4) is 0 Å². The van der Waals surface area contributed by atoms with Gasteiger partial charge >= 0.3 is 0 Å². The first kappa shape index (κ1) is 11.6. The number of benzene rings is 1. The van der Waals surface area contributed by atoms with Crippen molar-refractivity contribution in [2.75, 3.05) is 7.11 Å². The van der Waals surface area contributed by atoms with Crippen LogP contribution in [0.4, 0.5) is 4.39 Å². The standard InChI is InChI=1S/C11H8ClFN2O2/c1-17-5-2-6-9(12)7(11(14)16)4-15-10(6)8(13)3-5/h2-4H,1H3,(H2,14,16). The van der Waals surface area contributed by atoms with E-state index >= 15 is 0 Å². The number of amides is 1. The van der Waals surface area contributed by atoms with Crippen LogP contribution in [0.15, 0.2) is 18.3 Å². The summed E-state index contributed by atoms with van der Waals surface area (Å²) in [6.07, 6.45) is 1.16. The van der Waals surface area contributed by atoms with Crippen LogP contribution >= 0.6 is 11.6 Å². The van der Waals surface area contributed by atoms with Crippen LogP contribution in [0.1, 0.15) is 10.4 Å². The fourth-order valence-corrected chi connectivity index (χ4v) is 1.78. The zero-order chi connectivity index (χ0) is 12.6. The molecule has 1 aromatic heterocycles. The molecule has 88 valence electrons. The number of nitrogens with two attached hydrogens (primary N) is 1. The van der Waals surface area contributed by atoms with Crippen LogP contribution in [0.25, 0.3) is 10.9 Å². The molecule has 0 aliphatic rings. The zero-order valence-corrected chi connectivity index (χ0v) is 9.58. The highest BCUT2D eigenvalue weighted by Gasteiger charge is 2.14. The number of hydrogen-bond acceptors (Lipinski definition) is 3. The summed E-state index contributed by atoms with van der Waals surface area (Å²) in [4.78, 5) is 14.9. The number of fused-ring (bicyclic) bond motifs is 1. The van der Waals surface area contributed by atoms with Gasteiger partial charge in [-0.25, -0.2) is 4.39 Å². The molecule has 0 saturated heterocycles. The zero-order valence-electron chi connectivity index (χ0n) is 8.83. The van der Waals surface area contributed by atoms with Crippen LogP contribution in [-0.2, 0) is 0 Å². The van der Waals surface area contributed by atoms with Crippen molar-refractivity contribution < 1.29 is 13.9 Å². The highest BCUT2D eigenvalue weighted by atomic mass is 35.5. The lowest BCUT2D eigenvalue weighted by Gasteiger charge is -2.07. The number of aromatic nitrogens is 1. The van der Waals surface area contributed by atoms with Gasteiger partial charge in [0.05, 0.1) is 17.7 Å². The van der Waals surface area contributed by atoms with Crippen molar-refractivity contribution in [3.63, 3.8) is 0 Å². The third kappa shape index (κ3) is 1.89. The van der Waals surface area contributed by atoms with Gasteiger partial charge in [-0.05, 0) is 6.07 Å². The minimum Gasteiger partial charge on any atom is -0.497 e. The first-order chi connectivity index (χ1) is 8.04. The van der Waals surface area contributed by atoms with Crippen LogP contribution in [0.2, 0.25) is 5.02 Å². The Labute approximate surface area is 101 Å². The van der Waals surface area contributed by atoms with Crippen molar-refractivity contribution >= 4 is 28.4 Å². The van der Waals surface area contributed by atoms with E-state index in [0.29, 0.717) is 11.1 Å². The predicted molar refractivity (Wildman–Crippen MR) is 61.8 cm³/mol. The summed E-state index contributed by atoms with van der Waals surface area (Å²) in [6.45, 7) is 0. The molecule has 0 aliphatic carbocycles. The molecule has 1 aromatic carbocycles. The molecule has 1 heterocycles. The molecule has 0 fully saturated rings.